The van der Waals surface area contributed by atoms with Crippen LogP contribution in [0.4, 0.5) is 10.5 Å². The van der Waals surface area contributed by atoms with E-state index in [0.717, 1.165) is 0 Å². The number of hydrogen-bond acceptors (Lipinski definition) is 4. The molecule has 0 atom stereocenters. The van der Waals surface area contributed by atoms with Crippen molar-refractivity contribution in [3.05, 3.63) is 24.0 Å². The Bertz CT molecular complexity index is 388. The molecule has 0 unspecified atom stereocenters. The number of rotatable bonds is 3. The molecular weight excluding hydrogens is 212 g/mol. The van der Waals surface area contributed by atoms with Crippen molar-refractivity contribution in [3.8, 4) is 0 Å². The second-order valence-electron chi connectivity index (χ2n) is 3.19. The molecule has 7 heteroatoms. The highest BCUT2D eigenvalue weighted by Gasteiger charge is 2.08. The van der Waals surface area contributed by atoms with Crippen LogP contribution in [0.15, 0.2) is 18.3 Å². The van der Waals surface area contributed by atoms with Crippen LogP contribution in [-0.4, -0.2) is 41.1 Å². The molecule has 0 spiro atoms. The maximum atomic E-state index is 11.5. The summed E-state index contributed by atoms with van der Waals surface area (Å²) in [7, 11) is 3.25. The van der Waals surface area contributed by atoms with E-state index in [0.29, 0.717) is 11.4 Å². The van der Waals surface area contributed by atoms with Crippen molar-refractivity contribution in [2.75, 3.05) is 19.5 Å². The highest BCUT2D eigenvalue weighted by atomic mass is 16.4. The van der Waals surface area contributed by atoms with Gasteiger partial charge >= 0.3 is 6.09 Å². The van der Waals surface area contributed by atoms with E-state index in [2.05, 4.69) is 10.4 Å². The van der Waals surface area contributed by atoms with E-state index in [1.54, 1.807) is 20.2 Å². The molecule has 7 nitrogen and oxygen atoms in total. The molecule has 16 heavy (non-hydrogen) atoms. The third-order valence-corrected chi connectivity index (χ3v) is 1.70. The lowest BCUT2D eigenvalue weighted by atomic mass is 10.3. The predicted octanol–water partition coefficient (Wildman–Crippen LogP) is 0.378. The number of nitrogens with one attached hydrogen (secondary N) is 2. The largest absolute Gasteiger partial charge is 0.464 e. The van der Waals surface area contributed by atoms with Gasteiger partial charge in [-0.1, -0.05) is 0 Å². The predicted molar refractivity (Wildman–Crippen MR) is 57.0 cm³/mol. The summed E-state index contributed by atoms with van der Waals surface area (Å²) < 4.78 is 0. The van der Waals surface area contributed by atoms with Gasteiger partial charge in [0.2, 0.25) is 0 Å². The number of nitrogens with zero attached hydrogens (tertiary/aromatic N) is 2. The van der Waals surface area contributed by atoms with Crippen LogP contribution in [-0.2, 0) is 0 Å². The van der Waals surface area contributed by atoms with Gasteiger partial charge in [0.25, 0.3) is 5.91 Å². The minimum atomic E-state index is -1.20. The maximum Gasteiger partial charge on any atom is 0.423 e. The van der Waals surface area contributed by atoms with Gasteiger partial charge in [-0.25, -0.2) is 15.2 Å². The number of amides is 2. The average molecular weight is 224 g/mol. The zero-order valence-corrected chi connectivity index (χ0v) is 8.89. The van der Waals surface area contributed by atoms with Crippen LogP contribution in [0.1, 0.15) is 10.5 Å². The highest BCUT2D eigenvalue weighted by molar-refractivity contribution is 5.92. The van der Waals surface area contributed by atoms with Crippen LogP contribution in [0.2, 0.25) is 0 Å². The molecule has 0 aromatic carbocycles. The van der Waals surface area contributed by atoms with Gasteiger partial charge in [-0.2, -0.15) is 0 Å². The molecule has 0 saturated carbocycles. The number of aromatic nitrogens is 1. The Labute approximate surface area is 92.1 Å². The van der Waals surface area contributed by atoms with Gasteiger partial charge in [0.1, 0.15) is 5.69 Å². The fraction of sp³-hybridized carbons (Fsp3) is 0.222. The smallest absolute Gasteiger partial charge is 0.423 e. The molecular formula is C9H12N4O3. The molecule has 2 amide bonds. The Kier molecular flexibility index (Phi) is 3.65. The van der Waals surface area contributed by atoms with E-state index in [1.165, 1.54) is 17.2 Å². The first-order valence-corrected chi connectivity index (χ1v) is 4.43. The lowest BCUT2D eigenvalue weighted by Crippen LogP contribution is -2.27. The molecule has 0 bridgehead atoms. The summed E-state index contributed by atoms with van der Waals surface area (Å²) in [5.41, 5.74) is 5.12. The standard InChI is InChI=1S/C9H12N4O3/c1-13(2)8(14)7-4-3-6(5-10-7)11-12-9(15)16/h3-5,11-12H,1-2H3,(H,15,16). The van der Waals surface area contributed by atoms with Gasteiger partial charge in [-0.3, -0.25) is 10.2 Å². The van der Waals surface area contributed by atoms with Gasteiger partial charge in [0.15, 0.2) is 0 Å². The summed E-state index contributed by atoms with van der Waals surface area (Å²) in [5.74, 6) is -0.210. The van der Waals surface area contributed by atoms with Crippen molar-refractivity contribution in [2.45, 2.75) is 0 Å². The number of carbonyl (C=O) groups excluding carboxylic acids is 1. The van der Waals surface area contributed by atoms with E-state index < -0.39 is 6.09 Å². The van der Waals surface area contributed by atoms with Crippen LogP contribution in [0.3, 0.4) is 0 Å². The highest BCUT2D eigenvalue weighted by Crippen LogP contribution is 2.05. The lowest BCUT2D eigenvalue weighted by Gasteiger charge is -2.10. The van der Waals surface area contributed by atoms with Crippen molar-refractivity contribution < 1.29 is 14.7 Å². The zero-order chi connectivity index (χ0) is 12.1. The molecule has 1 heterocycles. The number of hydrazine groups is 1. The third-order valence-electron chi connectivity index (χ3n) is 1.70. The number of carboxylic acid groups (broad SMARTS) is 1. The fourth-order valence-electron chi connectivity index (χ4n) is 0.949. The quantitative estimate of drug-likeness (QED) is 0.645. The van der Waals surface area contributed by atoms with Crippen molar-refractivity contribution >= 4 is 17.7 Å². The summed E-state index contributed by atoms with van der Waals surface area (Å²) >= 11 is 0. The van der Waals surface area contributed by atoms with Crippen LogP contribution >= 0.6 is 0 Å². The number of hydrogen-bond donors (Lipinski definition) is 3. The molecule has 0 fully saturated rings. The summed E-state index contributed by atoms with van der Waals surface area (Å²) in [6.45, 7) is 0. The topological polar surface area (TPSA) is 94.6 Å². The minimum Gasteiger partial charge on any atom is -0.464 e. The molecule has 0 saturated heterocycles. The van der Waals surface area contributed by atoms with E-state index in [1.807, 2.05) is 5.43 Å². The molecule has 0 aliphatic carbocycles. The van der Waals surface area contributed by atoms with Crippen LogP contribution in [0, 0.1) is 0 Å². The van der Waals surface area contributed by atoms with Crippen molar-refractivity contribution in [1.82, 2.24) is 15.3 Å². The molecule has 0 aliphatic rings. The van der Waals surface area contributed by atoms with Gasteiger partial charge in [-0.15, -0.1) is 0 Å². The van der Waals surface area contributed by atoms with Gasteiger partial charge in [-0.05, 0) is 12.1 Å². The van der Waals surface area contributed by atoms with E-state index >= 15 is 0 Å². The SMILES string of the molecule is CN(C)C(=O)c1ccc(NNC(=O)O)cn1. The number of pyridine rings is 1. The second-order valence-corrected chi connectivity index (χ2v) is 3.19. The summed E-state index contributed by atoms with van der Waals surface area (Å²) in [5, 5.41) is 8.34. The Morgan fingerprint density at radius 1 is 1.38 bits per heavy atom. The van der Waals surface area contributed by atoms with Crippen molar-refractivity contribution in [3.63, 3.8) is 0 Å². The van der Waals surface area contributed by atoms with E-state index in [4.69, 9.17) is 5.11 Å². The average Bonchev–Trinajstić information content (AvgIpc) is 2.26. The maximum absolute atomic E-state index is 11.5. The lowest BCUT2D eigenvalue weighted by molar-refractivity contribution is 0.0822. The van der Waals surface area contributed by atoms with Crippen molar-refractivity contribution in [1.29, 1.82) is 0 Å². The molecule has 1 aromatic rings. The summed E-state index contributed by atoms with van der Waals surface area (Å²) in [6.07, 6.45) is 0.167. The van der Waals surface area contributed by atoms with Crippen LogP contribution in [0.5, 0.6) is 0 Å². The van der Waals surface area contributed by atoms with Crippen molar-refractivity contribution in [2.24, 2.45) is 0 Å². The Hall–Kier alpha value is -2.31. The van der Waals surface area contributed by atoms with Gasteiger partial charge in [0, 0.05) is 14.1 Å². The van der Waals surface area contributed by atoms with Crippen LogP contribution in [0.25, 0.3) is 0 Å². The van der Waals surface area contributed by atoms with E-state index in [9.17, 15) is 9.59 Å². The molecule has 1 rings (SSSR count). The minimum absolute atomic E-state index is 0.210. The number of anilines is 1. The Morgan fingerprint density at radius 3 is 2.50 bits per heavy atom. The number of carbonyl (C=O) groups is 2. The van der Waals surface area contributed by atoms with Gasteiger partial charge in [0.05, 0.1) is 11.9 Å². The van der Waals surface area contributed by atoms with Crippen LogP contribution < -0.4 is 10.9 Å². The Morgan fingerprint density at radius 2 is 2.06 bits per heavy atom. The fourth-order valence-corrected chi connectivity index (χ4v) is 0.949. The molecule has 0 aliphatic heterocycles. The zero-order valence-electron chi connectivity index (χ0n) is 8.89. The normalized spacial score (nSPS) is 9.38. The molecule has 1 aromatic heterocycles. The second kappa shape index (κ2) is 4.96. The summed E-state index contributed by atoms with van der Waals surface area (Å²) in [4.78, 5) is 26.9. The Balaban J connectivity index is 2.68. The monoisotopic (exact) mass is 224 g/mol. The molecule has 86 valence electrons. The molecule has 0 radical (unpaired) electrons. The van der Waals surface area contributed by atoms with E-state index in [-0.39, 0.29) is 5.91 Å². The third kappa shape index (κ3) is 3.12. The first kappa shape index (κ1) is 11.8. The first-order chi connectivity index (χ1) is 7.50. The molecule has 3 N–H and O–H groups in total. The summed E-state index contributed by atoms with van der Waals surface area (Å²) in [6, 6.07) is 3.06. The first-order valence-electron chi connectivity index (χ1n) is 4.43. The van der Waals surface area contributed by atoms with Gasteiger partial charge < -0.3 is 10.0 Å².